The molecule has 4 heteroatoms. The number of benzene rings is 2. The Bertz CT molecular complexity index is 1120. The second-order valence-corrected chi connectivity index (χ2v) is 7.82. The second kappa shape index (κ2) is 4.67. The van der Waals surface area contributed by atoms with Crippen LogP contribution in [-0.2, 0) is 12.0 Å². The molecule has 0 atom stereocenters. The van der Waals surface area contributed by atoms with Gasteiger partial charge >= 0.3 is 0 Å². The number of halogens is 1. The van der Waals surface area contributed by atoms with E-state index in [1.807, 2.05) is 24.3 Å². The summed E-state index contributed by atoms with van der Waals surface area (Å²) in [5.41, 5.74) is 7.55. The molecule has 2 aromatic carbocycles. The number of fused-ring (bicyclic) bond motifs is 6. The molecule has 3 nitrogen and oxygen atoms in total. The van der Waals surface area contributed by atoms with Gasteiger partial charge in [0.2, 0.25) is 0 Å². The lowest BCUT2D eigenvalue weighted by atomic mass is 9.86. The van der Waals surface area contributed by atoms with E-state index >= 15 is 0 Å². The van der Waals surface area contributed by atoms with Gasteiger partial charge in [0.05, 0.1) is 21.2 Å². The molecule has 5 rings (SSSR count). The monoisotopic (exact) mass is 377 g/mol. The van der Waals surface area contributed by atoms with Crippen LogP contribution in [0.2, 0.25) is 0 Å². The Morgan fingerprint density at radius 3 is 2.42 bits per heavy atom. The number of hydrogen-bond donors (Lipinski definition) is 0. The predicted octanol–water partition coefficient (Wildman–Crippen LogP) is 5.31. The summed E-state index contributed by atoms with van der Waals surface area (Å²) in [4.78, 5) is 9.84. The van der Waals surface area contributed by atoms with E-state index in [9.17, 15) is 0 Å². The lowest BCUT2D eigenvalue weighted by Gasteiger charge is -2.35. The normalized spacial score (nSPS) is 15.5. The molecule has 1 aliphatic heterocycles. The van der Waals surface area contributed by atoms with Crippen LogP contribution in [0.4, 0.5) is 0 Å². The molecule has 4 aromatic rings. The van der Waals surface area contributed by atoms with Crippen LogP contribution in [-0.4, -0.2) is 14.5 Å². The van der Waals surface area contributed by atoms with Crippen molar-refractivity contribution in [1.29, 1.82) is 0 Å². The highest BCUT2D eigenvalue weighted by Gasteiger charge is 2.35. The molecule has 0 bridgehead atoms. The van der Waals surface area contributed by atoms with Crippen molar-refractivity contribution in [2.24, 2.45) is 0 Å². The molecule has 0 saturated heterocycles. The first-order chi connectivity index (χ1) is 11.6. The summed E-state index contributed by atoms with van der Waals surface area (Å²) in [6.07, 6.45) is 0.987. The molecule has 0 radical (unpaired) electrons. The lowest BCUT2D eigenvalue weighted by Crippen LogP contribution is -2.33. The summed E-state index contributed by atoms with van der Waals surface area (Å²) in [5, 5.41) is 0. The maximum absolute atomic E-state index is 4.95. The fraction of sp³-hybridized carbons (Fsp3) is 0.200. The largest absolute Gasteiger partial charge is 0.317 e. The van der Waals surface area contributed by atoms with Crippen molar-refractivity contribution < 1.29 is 0 Å². The van der Waals surface area contributed by atoms with Crippen molar-refractivity contribution in [3.63, 3.8) is 0 Å². The van der Waals surface area contributed by atoms with E-state index in [0.29, 0.717) is 0 Å². The highest BCUT2D eigenvalue weighted by atomic mass is 79.9. The highest BCUT2D eigenvalue weighted by Crippen LogP contribution is 2.46. The van der Waals surface area contributed by atoms with Crippen LogP contribution in [0.5, 0.6) is 0 Å². The lowest BCUT2D eigenvalue weighted by molar-refractivity contribution is 0.358. The topological polar surface area (TPSA) is 30.7 Å². The van der Waals surface area contributed by atoms with E-state index in [1.54, 1.807) is 0 Å². The van der Waals surface area contributed by atoms with E-state index in [0.717, 1.165) is 33.1 Å². The van der Waals surface area contributed by atoms with Crippen LogP contribution < -0.4 is 0 Å². The van der Waals surface area contributed by atoms with Crippen molar-refractivity contribution in [1.82, 2.24) is 14.5 Å². The molecule has 3 heterocycles. The average molecular weight is 378 g/mol. The quantitative estimate of drug-likeness (QED) is 0.415. The van der Waals surface area contributed by atoms with Crippen LogP contribution in [0.3, 0.4) is 0 Å². The van der Waals surface area contributed by atoms with E-state index in [2.05, 4.69) is 58.6 Å². The van der Waals surface area contributed by atoms with Crippen LogP contribution in [0.15, 0.2) is 53.0 Å². The summed E-state index contributed by atoms with van der Waals surface area (Å²) in [6.45, 7) is 4.55. The van der Waals surface area contributed by atoms with Gasteiger partial charge < -0.3 is 4.57 Å². The molecule has 0 spiro atoms. The molecule has 0 unspecified atom stereocenters. The Balaban J connectivity index is 1.99. The smallest absolute Gasteiger partial charge is 0.161 e. The zero-order valence-electron chi connectivity index (χ0n) is 13.5. The number of rotatable bonds is 0. The fourth-order valence-corrected chi connectivity index (χ4v) is 4.55. The molecule has 24 heavy (non-hydrogen) atoms. The minimum atomic E-state index is -0.0505. The van der Waals surface area contributed by atoms with Gasteiger partial charge in [0.1, 0.15) is 5.52 Å². The summed E-state index contributed by atoms with van der Waals surface area (Å²) in [5.74, 6) is 0. The maximum atomic E-state index is 4.95. The molecule has 1 aliphatic rings. The molecule has 0 amide bonds. The van der Waals surface area contributed by atoms with Crippen molar-refractivity contribution in [2.45, 2.75) is 25.8 Å². The van der Waals surface area contributed by atoms with Crippen LogP contribution in [0.25, 0.3) is 33.5 Å². The summed E-state index contributed by atoms with van der Waals surface area (Å²) in [6, 6.07) is 16.7. The van der Waals surface area contributed by atoms with Gasteiger partial charge in [-0.2, -0.15) is 0 Å². The van der Waals surface area contributed by atoms with Gasteiger partial charge in [-0.1, -0.05) is 36.4 Å². The van der Waals surface area contributed by atoms with Gasteiger partial charge in [-0.3, -0.25) is 0 Å². The van der Waals surface area contributed by atoms with Crippen molar-refractivity contribution in [3.8, 4) is 11.3 Å². The molecule has 0 N–H and O–H groups in total. The van der Waals surface area contributed by atoms with E-state index < -0.39 is 0 Å². The minimum absolute atomic E-state index is 0.0505. The Morgan fingerprint density at radius 2 is 1.62 bits per heavy atom. The number of para-hydroxylation sites is 2. The third kappa shape index (κ3) is 1.77. The SMILES string of the molecule is CC1(C)Cc2ccccc2-c2c(Br)c3nc4ccccc4nc3n21. The fourth-order valence-electron chi connectivity index (χ4n) is 3.89. The molecule has 0 fully saturated rings. The molecular formula is C20H16BrN3. The van der Waals surface area contributed by atoms with E-state index in [-0.39, 0.29) is 5.54 Å². The Kier molecular flexibility index (Phi) is 2.76. The van der Waals surface area contributed by atoms with Gasteiger partial charge in [0.25, 0.3) is 0 Å². The molecular weight excluding hydrogens is 362 g/mol. The first-order valence-corrected chi connectivity index (χ1v) is 8.91. The third-order valence-electron chi connectivity index (χ3n) is 4.90. The van der Waals surface area contributed by atoms with Gasteiger partial charge in [0.15, 0.2) is 5.65 Å². The molecule has 0 aliphatic carbocycles. The highest BCUT2D eigenvalue weighted by molar-refractivity contribution is 9.10. The molecule has 0 saturated carbocycles. The zero-order valence-corrected chi connectivity index (χ0v) is 15.1. The maximum Gasteiger partial charge on any atom is 0.161 e. The number of aromatic nitrogens is 3. The van der Waals surface area contributed by atoms with E-state index in [1.165, 1.54) is 16.8 Å². The van der Waals surface area contributed by atoms with Gasteiger partial charge in [0, 0.05) is 11.1 Å². The molecule has 118 valence electrons. The average Bonchev–Trinajstić information content (AvgIpc) is 2.86. The van der Waals surface area contributed by atoms with Gasteiger partial charge in [-0.25, -0.2) is 9.97 Å². The first kappa shape index (κ1) is 14.2. The third-order valence-corrected chi connectivity index (χ3v) is 5.66. The van der Waals surface area contributed by atoms with E-state index in [4.69, 9.17) is 9.97 Å². The minimum Gasteiger partial charge on any atom is -0.317 e. The summed E-state index contributed by atoms with van der Waals surface area (Å²) in [7, 11) is 0. The molecule has 2 aromatic heterocycles. The standard InChI is InChI=1S/C20H16BrN3/c1-20(2)11-12-7-3-4-8-13(12)18-16(21)17-19(24(18)20)23-15-10-6-5-9-14(15)22-17/h3-10H,11H2,1-2H3. The van der Waals surface area contributed by atoms with Crippen molar-refractivity contribution in [2.75, 3.05) is 0 Å². The second-order valence-electron chi connectivity index (χ2n) is 7.03. The number of hydrogen-bond acceptors (Lipinski definition) is 2. The van der Waals surface area contributed by atoms with Crippen molar-refractivity contribution >= 4 is 38.1 Å². The van der Waals surface area contributed by atoms with Crippen LogP contribution in [0.1, 0.15) is 19.4 Å². The van der Waals surface area contributed by atoms with Crippen LogP contribution >= 0.6 is 15.9 Å². The first-order valence-electron chi connectivity index (χ1n) is 8.12. The van der Waals surface area contributed by atoms with Crippen LogP contribution in [0, 0.1) is 0 Å². The predicted molar refractivity (Wildman–Crippen MR) is 101 cm³/mol. The van der Waals surface area contributed by atoms with Gasteiger partial charge in [-0.05, 0) is 53.9 Å². The Morgan fingerprint density at radius 1 is 0.958 bits per heavy atom. The summed E-state index contributed by atoms with van der Waals surface area (Å²) < 4.78 is 3.39. The Hall–Kier alpha value is -2.20. The Labute approximate surface area is 148 Å². The van der Waals surface area contributed by atoms with Crippen molar-refractivity contribution in [3.05, 3.63) is 58.6 Å². The number of nitrogens with zero attached hydrogens (tertiary/aromatic N) is 3. The zero-order chi connectivity index (χ0) is 16.5. The van der Waals surface area contributed by atoms with Gasteiger partial charge in [-0.15, -0.1) is 0 Å². The summed E-state index contributed by atoms with van der Waals surface area (Å²) >= 11 is 3.82.